The minimum atomic E-state index is -3.79. The smallest absolute Gasteiger partial charge is 0.335 e. The first-order valence-electron chi connectivity index (χ1n) is 11.6. The van der Waals surface area contributed by atoms with Gasteiger partial charge in [0.15, 0.2) is 5.03 Å². The molecule has 0 aliphatic carbocycles. The van der Waals surface area contributed by atoms with Gasteiger partial charge in [-0.2, -0.15) is 12.7 Å². The zero-order chi connectivity index (χ0) is 26.3. The summed E-state index contributed by atoms with van der Waals surface area (Å²) in [6.07, 6.45) is 3.83. The molecule has 198 valence electrons. The third kappa shape index (κ3) is 4.45. The number of piperazine rings is 1. The number of benzene rings is 1. The summed E-state index contributed by atoms with van der Waals surface area (Å²) in [5.74, 6) is 0.793. The molecule has 3 aliphatic rings. The molecule has 37 heavy (non-hydrogen) atoms. The van der Waals surface area contributed by atoms with Gasteiger partial charge in [0, 0.05) is 57.3 Å². The number of hydrogen-bond acceptors (Lipinski definition) is 10. The first kappa shape index (κ1) is 25.5. The zero-order valence-electron chi connectivity index (χ0n) is 20.3. The highest BCUT2D eigenvalue weighted by molar-refractivity contribution is 7.89. The molecular weight excluding hydrogens is 525 g/mol. The lowest BCUT2D eigenvalue weighted by atomic mass is 10.0. The lowest BCUT2D eigenvalue weighted by Crippen LogP contribution is -2.57. The Morgan fingerprint density at radius 1 is 1.19 bits per heavy atom. The van der Waals surface area contributed by atoms with Crippen LogP contribution in [0.25, 0.3) is 5.52 Å². The van der Waals surface area contributed by atoms with Crippen LogP contribution in [0.4, 0.5) is 16.0 Å². The lowest BCUT2D eigenvalue weighted by molar-refractivity contribution is 0.248. The van der Waals surface area contributed by atoms with Gasteiger partial charge in [-0.15, -0.1) is 0 Å². The van der Waals surface area contributed by atoms with Crippen LogP contribution < -0.4 is 15.0 Å². The van der Waals surface area contributed by atoms with E-state index >= 15 is 0 Å². The molecule has 1 fully saturated rings. The molecule has 6 rings (SSSR count). The van der Waals surface area contributed by atoms with Crippen molar-refractivity contribution in [1.82, 2.24) is 23.6 Å². The summed E-state index contributed by atoms with van der Waals surface area (Å²) in [6, 6.07) is 3.05. The van der Waals surface area contributed by atoms with E-state index in [0.29, 0.717) is 42.4 Å². The standard InChI is InChI=1S/C22H26FN7O3S.O2S/c1-27-6-7-29-14(11-27)12-28(2)34(31,32)21-20-18(29)10-25-22(30(20)13-26-21)24-9-16-15-5-8-33-19(15)4-3-17(16)23;1-3-2/h3-4,10,13-14H,5-9,11-12H2,1-2H3,(H,24,25);/t14-;/m1./s1. The summed E-state index contributed by atoms with van der Waals surface area (Å²) < 4.78 is 66.5. The SMILES string of the molecule is CN1CCN2c3cnc(NCc4c(F)ccc5c4CCO5)n4cnc(c34)S(=O)(=O)N(C)C[C@H]2C1.O=S=O. The van der Waals surface area contributed by atoms with Gasteiger partial charge in [0.1, 0.15) is 23.4 Å². The number of nitrogens with one attached hydrogen (secondary N) is 1. The van der Waals surface area contributed by atoms with Gasteiger partial charge in [0.05, 0.1) is 24.5 Å². The summed E-state index contributed by atoms with van der Waals surface area (Å²) in [5, 5.41) is 3.21. The second kappa shape index (κ2) is 9.96. The van der Waals surface area contributed by atoms with E-state index in [2.05, 4.69) is 25.1 Å². The normalized spacial score (nSPS) is 20.6. The molecule has 0 saturated carbocycles. The Hall–Kier alpha value is -3.14. The molecular formula is C22H26FN7O5S2. The molecule has 0 amide bonds. The van der Waals surface area contributed by atoms with Crippen LogP contribution in [0.3, 0.4) is 0 Å². The maximum atomic E-state index is 14.6. The van der Waals surface area contributed by atoms with Crippen LogP contribution in [0.1, 0.15) is 11.1 Å². The predicted octanol–water partition coefficient (Wildman–Crippen LogP) is 0.500. The number of hydrogen-bond donors (Lipinski definition) is 1. The van der Waals surface area contributed by atoms with Crippen LogP contribution in [-0.2, 0) is 34.6 Å². The minimum absolute atomic E-state index is 0.00742. The van der Waals surface area contributed by atoms with Crippen LogP contribution >= 0.6 is 0 Å². The molecule has 5 heterocycles. The highest BCUT2D eigenvalue weighted by Gasteiger charge is 2.38. The van der Waals surface area contributed by atoms with Crippen molar-refractivity contribution in [2.24, 2.45) is 0 Å². The molecule has 15 heteroatoms. The number of nitrogens with zero attached hydrogens (tertiary/aromatic N) is 6. The first-order valence-corrected chi connectivity index (χ1v) is 13.7. The monoisotopic (exact) mass is 551 g/mol. The average molecular weight is 552 g/mol. The Bertz CT molecular complexity index is 1490. The molecule has 3 aliphatic heterocycles. The lowest BCUT2D eigenvalue weighted by Gasteiger charge is -2.43. The van der Waals surface area contributed by atoms with Crippen molar-refractivity contribution in [3.63, 3.8) is 0 Å². The van der Waals surface area contributed by atoms with E-state index < -0.39 is 21.6 Å². The predicted molar refractivity (Wildman–Crippen MR) is 133 cm³/mol. The molecule has 3 aromatic rings. The molecule has 0 spiro atoms. The molecule has 1 atom stereocenters. The fourth-order valence-corrected chi connectivity index (χ4v) is 6.49. The Balaban J connectivity index is 0.000000892. The van der Waals surface area contributed by atoms with Crippen LogP contribution in [0.15, 0.2) is 29.7 Å². The van der Waals surface area contributed by atoms with Gasteiger partial charge in [-0.05, 0) is 19.2 Å². The Labute approximate surface area is 216 Å². The number of rotatable bonds is 3. The van der Waals surface area contributed by atoms with Crippen LogP contribution in [-0.4, -0.2) is 93.3 Å². The molecule has 2 aromatic heterocycles. The second-order valence-electron chi connectivity index (χ2n) is 9.15. The van der Waals surface area contributed by atoms with Crippen molar-refractivity contribution in [3.8, 4) is 5.75 Å². The first-order chi connectivity index (χ1) is 17.8. The van der Waals surface area contributed by atoms with Gasteiger partial charge in [-0.3, -0.25) is 4.40 Å². The van der Waals surface area contributed by atoms with Gasteiger partial charge < -0.3 is 19.9 Å². The average Bonchev–Trinajstić information content (AvgIpc) is 3.52. The van der Waals surface area contributed by atoms with Gasteiger partial charge in [0.25, 0.3) is 10.0 Å². The van der Waals surface area contributed by atoms with E-state index in [1.54, 1.807) is 23.7 Å². The van der Waals surface area contributed by atoms with E-state index in [4.69, 9.17) is 13.2 Å². The van der Waals surface area contributed by atoms with Crippen molar-refractivity contribution in [1.29, 1.82) is 0 Å². The second-order valence-corrected chi connectivity index (χ2v) is 11.2. The van der Waals surface area contributed by atoms with Crippen molar-refractivity contribution < 1.29 is 26.0 Å². The van der Waals surface area contributed by atoms with E-state index in [0.717, 1.165) is 30.9 Å². The number of likely N-dealkylation sites (N-methyl/N-ethyl adjacent to an activating group) is 2. The van der Waals surface area contributed by atoms with E-state index in [-0.39, 0.29) is 23.4 Å². The summed E-state index contributed by atoms with van der Waals surface area (Å²) >= 11 is -0.750. The Morgan fingerprint density at radius 3 is 2.76 bits per heavy atom. The van der Waals surface area contributed by atoms with Crippen LogP contribution in [0, 0.1) is 5.82 Å². The van der Waals surface area contributed by atoms with Crippen molar-refractivity contribution in [3.05, 3.63) is 41.6 Å². The van der Waals surface area contributed by atoms with Crippen LogP contribution in [0.5, 0.6) is 5.75 Å². The molecule has 0 radical (unpaired) electrons. The Morgan fingerprint density at radius 2 is 1.97 bits per heavy atom. The fraction of sp³-hybridized carbons (Fsp3) is 0.455. The molecule has 1 saturated heterocycles. The maximum absolute atomic E-state index is 14.6. The van der Waals surface area contributed by atoms with E-state index in [1.807, 2.05) is 7.05 Å². The van der Waals surface area contributed by atoms with Gasteiger partial charge in [0.2, 0.25) is 5.95 Å². The van der Waals surface area contributed by atoms with Crippen molar-refractivity contribution in [2.45, 2.75) is 24.0 Å². The molecule has 0 unspecified atom stereocenters. The molecule has 12 nitrogen and oxygen atoms in total. The fourth-order valence-electron chi connectivity index (χ4n) is 5.20. The number of sulfonamides is 1. The van der Waals surface area contributed by atoms with Crippen molar-refractivity contribution >= 4 is 38.7 Å². The number of aromatic nitrogens is 3. The third-order valence-corrected chi connectivity index (χ3v) is 8.75. The number of imidazole rings is 1. The summed E-state index contributed by atoms with van der Waals surface area (Å²) in [7, 11) is -0.148. The maximum Gasteiger partial charge on any atom is 0.335 e. The van der Waals surface area contributed by atoms with Crippen molar-refractivity contribution in [2.75, 3.05) is 57.1 Å². The molecule has 1 N–H and O–H groups in total. The zero-order valence-corrected chi connectivity index (χ0v) is 21.9. The van der Waals surface area contributed by atoms with Gasteiger partial charge in [-0.25, -0.2) is 22.8 Å². The molecule has 1 aromatic carbocycles. The number of anilines is 2. The largest absolute Gasteiger partial charge is 0.493 e. The minimum Gasteiger partial charge on any atom is -0.493 e. The van der Waals surface area contributed by atoms with E-state index in [1.165, 1.54) is 16.7 Å². The summed E-state index contributed by atoms with van der Waals surface area (Å²) in [6.45, 7) is 3.46. The Kier molecular flexibility index (Phi) is 6.87. The third-order valence-electron chi connectivity index (χ3n) is 7.00. The van der Waals surface area contributed by atoms with Gasteiger partial charge in [-0.1, -0.05) is 0 Å². The highest BCUT2D eigenvalue weighted by Crippen LogP contribution is 2.35. The number of ether oxygens (including phenoxy) is 1. The number of fused-ring (bicyclic) bond motifs is 3. The topological polar surface area (TPSA) is 129 Å². The molecule has 0 bridgehead atoms. The quantitative estimate of drug-likeness (QED) is 0.491. The van der Waals surface area contributed by atoms with E-state index in [9.17, 15) is 12.8 Å². The summed E-state index contributed by atoms with van der Waals surface area (Å²) in [5.41, 5.74) is 2.61. The number of halogens is 1. The summed E-state index contributed by atoms with van der Waals surface area (Å²) in [4.78, 5) is 13.3. The highest BCUT2D eigenvalue weighted by atomic mass is 32.2. The van der Waals surface area contributed by atoms with Gasteiger partial charge >= 0.3 is 11.6 Å². The van der Waals surface area contributed by atoms with Crippen LogP contribution in [0.2, 0.25) is 0 Å².